The summed E-state index contributed by atoms with van der Waals surface area (Å²) in [5, 5.41) is 3.44. The number of halogens is 2. The van der Waals surface area contributed by atoms with Crippen LogP contribution in [0.5, 0.6) is 0 Å². The SMILES string of the molecule is CCCNC(c1ccc(C)c(F)c1F)C1C(C)(C)C1(C)C. The van der Waals surface area contributed by atoms with Gasteiger partial charge in [-0.1, -0.05) is 46.8 Å². The summed E-state index contributed by atoms with van der Waals surface area (Å²) < 4.78 is 28.4. The van der Waals surface area contributed by atoms with Gasteiger partial charge in [-0.25, -0.2) is 8.78 Å². The molecule has 3 heteroatoms. The van der Waals surface area contributed by atoms with Crippen LogP contribution in [0.15, 0.2) is 12.1 Å². The van der Waals surface area contributed by atoms with E-state index in [2.05, 4.69) is 39.9 Å². The highest BCUT2D eigenvalue weighted by Crippen LogP contribution is 2.72. The molecule has 0 saturated heterocycles. The van der Waals surface area contributed by atoms with Crippen molar-refractivity contribution in [2.75, 3.05) is 6.54 Å². The van der Waals surface area contributed by atoms with Crippen molar-refractivity contribution in [2.45, 2.75) is 54.0 Å². The van der Waals surface area contributed by atoms with Crippen molar-refractivity contribution >= 4 is 0 Å². The van der Waals surface area contributed by atoms with Gasteiger partial charge in [0.25, 0.3) is 0 Å². The predicted octanol–water partition coefficient (Wildman–Crippen LogP) is 5.00. The smallest absolute Gasteiger partial charge is 0.163 e. The van der Waals surface area contributed by atoms with E-state index in [1.807, 2.05) is 0 Å². The molecule has 0 aliphatic heterocycles. The lowest BCUT2D eigenvalue weighted by Crippen LogP contribution is -2.27. The summed E-state index contributed by atoms with van der Waals surface area (Å²) in [6.45, 7) is 13.3. The maximum atomic E-state index is 14.4. The number of rotatable bonds is 5. The monoisotopic (exact) mass is 295 g/mol. The van der Waals surface area contributed by atoms with E-state index in [4.69, 9.17) is 0 Å². The Hall–Kier alpha value is -0.960. The van der Waals surface area contributed by atoms with Crippen molar-refractivity contribution in [2.24, 2.45) is 16.7 Å². The third-order valence-electron chi connectivity index (χ3n) is 5.72. The molecular weight excluding hydrogens is 268 g/mol. The summed E-state index contributed by atoms with van der Waals surface area (Å²) in [5.74, 6) is -1.11. The van der Waals surface area contributed by atoms with Crippen LogP contribution in [0.4, 0.5) is 8.78 Å². The molecule has 1 aromatic carbocycles. The van der Waals surface area contributed by atoms with Crippen LogP contribution in [0.25, 0.3) is 0 Å². The van der Waals surface area contributed by atoms with Gasteiger partial charge in [-0.3, -0.25) is 0 Å². The van der Waals surface area contributed by atoms with Gasteiger partial charge in [-0.2, -0.15) is 0 Å². The fourth-order valence-electron chi connectivity index (χ4n) is 3.69. The van der Waals surface area contributed by atoms with Gasteiger partial charge in [0.1, 0.15) is 0 Å². The second-order valence-corrected chi connectivity index (χ2v) is 7.45. The van der Waals surface area contributed by atoms with E-state index < -0.39 is 11.6 Å². The number of aryl methyl sites for hydroxylation is 1. The normalized spacial score (nSPS) is 21.3. The van der Waals surface area contributed by atoms with Crippen LogP contribution in [0.3, 0.4) is 0 Å². The van der Waals surface area contributed by atoms with Crippen LogP contribution in [-0.4, -0.2) is 6.54 Å². The Labute approximate surface area is 127 Å². The summed E-state index contributed by atoms with van der Waals surface area (Å²) >= 11 is 0. The lowest BCUT2D eigenvalue weighted by molar-refractivity contribution is 0.386. The van der Waals surface area contributed by atoms with Gasteiger partial charge < -0.3 is 5.32 Å². The fraction of sp³-hybridized carbons (Fsp3) is 0.667. The zero-order valence-corrected chi connectivity index (χ0v) is 14.0. The molecule has 1 aromatic rings. The molecular formula is C18H27F2N. The van der Waals surface area contributed by atoms with Crippen LogP contribution >= 0.6 is 0 Å². The molecule has 118 valence electrons. The predicted molar refractivity (Wildman–Crippen MR) is 83.2 cm³/mol. The molecule has 0 aromatic heterocycles. The maximum Gasteiger partial charge on any atom is 0.163 e. The van der Waals surface area contributed by atoms with Gasteiger partial charge in [0.2, 0.25) is 0 Å². The van der Waals surface area contributed by atoms with E-state index in [-0.39, 0.29) is 16.9 Å². The Bertz CT molecular complexity index is 520. The molecule has 0 radical (unpaired) electrons. The molecule has 0 amide bonds. The van der Waals surface area contributed by atoms with Crippen LogP contribution in [0, 0.1) is 35.3 Å². The quantitative estimate of drug-likeness (QED) is 0.806. The fourth-order valence-corrected chi connectivity index (χ4v) is 3.69. The number of hydrogen-bond donors (Lipinski definition) is 1. The van der Waals surface area contributed by atoms with Crippen molar-refractivity contribution < 1.29 is 8.78 Å². The lowest BCUT2D eigenvalue weighted by Gasteiger charge is -2.22. The minimum atomic E-state index is -0.716. The van der Waals surface area contributed by atoms with E-state index in [0.717, 1.165) is 13.0 Å². The molecule has 1 aliphatic rings. The first kappa shape index (κ1) is 16.4. The largest absolute Gasteiger partial charge is 0.310 e. The Morgan fingerprint density at radius 3 is 2.14 bits per heavy atom. The summed E-state index contributed by atoms with van der Waals surface area (Å²) in [6.07, 6.45) is 0.972. The molecule has 2 rings (SSSR count). The third-order valence-corrected chi connectivity index (χ3v) is 5.72. The molecule has 1 aliphatic carbocycles. The Balaban J connectivity index is 2.41. The highest BCUT2D eigenvalue weighted by Gasteiger charge is 2.67. The van der Waals surface area contributed by atoms with Gasteiger partial charge >= 0.3 is 0 Å². The summed E-state index contributed by atoms with van der Waals surface area (Å²) in [4.78, 5) is 0. The molecule has 21 heavy (non-hydrogen) atoms. The van der Waals surface area contributed by atoms with Crippen LogP contribution in [-0.2, 0) is 0 Å². The lowest BCUT2D eigenvalue weighted by atomic mass is 9.94. The number of benzene rings is 1. The molecule has 0 bridgehead atoms. The summed E-state index contributed by atoms with van der Waals surface area (Å²) in [7, 11) is 0. The first-order valence-corrected chi connectivity index (χ1v) is 7.84. The third kappa shape index (κ3) is 2.50. The van der Waals surface area contributed by atoms with Crippen molar-refractivity contribution in [3.8, 4) is 0 Å². The van der Waals surface area contributed by atoms with Crippen molar-refractivity contribution in [1.29, 1.82) is 0 Å². The molecule has 1 unspecified atom stereocenters. The first-order chi connectivity index (χ1) is 9.66. The van der Waals surface area contributed by atoms with Crippen LogP contribution in [0.1, 0.15) is 58.2 Å². The molecule has 0 spiro atoms. The van der Waals surface area contributed by atoms with Gasteiger partial charge in [0.05, 0.1) is 0 Å². The van der Waals surface area contributed by atoms with Crippen molar-refractivity contribution in [1.82, 2.24) is 5.32 Å². The van der Waals surface area contributed by atoms with Crippen LogP contribution in [0.2, 0.25) is 0 Å². The second kappa shape index (κ2) is 5.35. The average molecular weight is 295 g/mol. The second-order valence-electron chi connectivity index (χ2n) is 7.45. The summed E-state index contributed by atoms with van der Waals surface area (Å²) in [6, 6.07) is 3.28. The van der Waals surface area contributed by atoms with Crippen molar-refractivity contribution in [3.63, 3.8) is 0 Å². The van der Waals surface area contributed by atoms with Gasteiger partial charge in [-0.05, 0) is 42.2 Å². The number of nitrogens with one attached hydrogen (secondary N) is 1. The molecule has 1 fully saturated rings. The van der Waals surface area contributed by atoms with Gasteiger partial charge in [-0.15, -0.1) is 0 Å². The summed E-state index contributed by atoms with van der Waals surface area (Å²) in [5.41, 5.74) is 1.06. The standard InChI is InChI=1S/C18H27F2N/c1-7-10-21-15(16-17(3,4)18(16,5)6)12-9-8-11(2)13(19)14(12)20/h8-9,15-16,21H,7,10H2,1-6H3. The van der Waals surface area contributed by atoms with E-state index in [1.54, 1.807) is 19.1 Å². The highest BCUT2D eigenvalue weighted by atomic mass is 19.2. The van der Waals surface area contributed by atoms with Gasteiger partial charge in [0.15, 0.2) is 11.6 Å². The van der Waals surface area contributed by atoms with Crippen LogP contribution < -0.4 is 5.32 Å². The Morgan fingerprint density at radius 2 is 1.67 bits per heavy atom. The molecule has 1 N–H and O–H groups in total. The van der Waals surface area contributed by atoms with E-state index in [0.29, 0.717) is 17.0 Å². The molecule has 0 heterocycles. The minimum absolute atomic E-state index is 0.117. The van der Waals surface area contributed by atoms with Gasteiger partial charge in [0, 0.05) is 11.6 Å². The molecule has 1 saturated carbocycles. The average Bonchev–Trinajstić information content (AvgIpc) is 2.81. The van der Waals surface area contributed by atoms with E-state index in [1.165, 1.54) is 0 Å². The van der Waals surface area contributed by atoms with E-state index >= 15 is 0 Å². The topological polar surface area (TPSA) is 12.0 Å². The van der Waals surface area contributed by atoms with E-state index in [9.17, 15) is 8.78 Å². The zero-order chi connectivity index (χ0) is 16.0. The molecule has 1 nitrogen and oxygen atoms in total. The Morgan fingerprint density at radius 1 is 1.10 bits per heavy atom. The minimum Gasteiger partial charge on any atom is -0.310 e. The van der Waals surface area contributed by atoms with Crippen molar-refractivity contribution in [3.05, 3.63) is 34.9 Å². The number of hydrogen-bond acceptors (Lipinski definition) is 1. The molecule has 1 atom stereocenters. The zero-order valence-electron chi connectivity index (χ0n) is 14.0. The maximum absolute atomic E-state index is 14.4. The Kier molecular flexibility index (Phi) is 4.18. The first-order valence-electron chi connectivity index (χ1n) is 7.84. The highest BCUT2D eigenvalue weighted by molar-refractivity contribution is 5.32.